The Labute approximate surface area is 368 Å². The molecule has 0 atom stereocenters. The van der Waals surface area contributed by atoms with E-state index in [0.717, 1.165) is 5.69 Å². The molecule has 0 fully saturated rings. The average Bonchev–Trinajstić information content (AvgIpc) is 4.01. The maximum atomic E-state index is 2.45. The average molecular weight is 819 g/mol. The molecular weight excluding hydrogens is 781 g/mol. The van der Waals surface area contributed by atoms with Crippen molar-refractivity contribution in [2.24, 2.45) is 0 Å². The van der Waals surface area contributed by atoms with Gasteiger partial charge < -0.3 is 9.13 Å². The van der Waals surface area contributed by atoms with E-state index in [4.69, 9.17) is 0 Å². The Hall–Kier alpha value is -7.98. The van der Waals surface area contributed by atoms with E-state index in [-0.39, 0.29) is 0 Å². The van der Waals surface area contributed by atoms with Crippen LogP contribution in [-0.4, -0.2) is 9.13 Å². The highest BCUT2D eigenvalue weighted by Crippen LogP contribution is 2.43. The van der Waals surface area contributed by atoms with Crippen LogP contribution in [0.1, 0.15) is 0 Å². The summed E-state index contributed by atoms with van der Waals surface area (Å²) in [6.07, 6.45) is 0. The zero-order valence-electron chi connectivity index (χ0n) is 34.2. The van der Waals surface area contributed by atoms with E-state index in [1.807, 2.05) is 11.3 Å². The highest BCUT2D eigenvalue weighted by Gasteiger charge is 2.18. The molecular formula is C60H38N2S. The molecule has 3 heterocycles. The molecule has 3 heteroatoms. The molecule has 0 saturated carbocycles. The molecule has 0 aliphatic carbocycles. The van der Waals surface area contributed by atoms with Crippen molar-refractivity contribution in [1.82, 2.24) is 9.13 Å². The fourth-order valence-electron chi connectivity index (χ4n) is 9.99. The van der Waals surface area contributed by atoms with E-state index < -0.39 is 0 Å². The number of fused-ring (bicyclic) bond motifs is 9. The first kappa shape index (κ1) is 35.7. The van der Waals surface area contributed by atoms with Gasteiger partial charge in [-0.2, -0.15) is 0 Å². The monoisotopic (exact) mass is 818 g/mol. The Balaban J connectivity index is 0.906. The Morgan fingerprint density at radius 3 is 1.40 bits per heavy atom. The third-order valence-electron chi connectivity index (χ3n) is 12.9. The van der Waals surface area contributed by atoms with Gasteiger partial charge in [-0.05, 0) is 117 Å². The van der Waals surface area contributed by atoms with Crippen LogP contribution in [0.4, 0.5) is 0 Å². The van der Waals surface area contributed by atoms with Crippen molar-refractivity contribution in [1.29, 1.82) is 0 Å². The predicted molar refractivity (Wildman–Crippen MR) is 270 cm³/mol. The van der Waals surface area contributed by atoms with Crippen LogP contribution in [0.15, 0.2) is 231 Å². The molecule has 2 nitrogen and oxygen atoms in total. The van der Waals surface area contributed by atoms with Crippen molar-refractivity contribution in [3.63, 3.8) is 0 Å². The van der Waals surface area contributed by atoms with Crippen molar-refractivity contribution >= 4 is 75.1 Å². The van der Waals surface area contributed by atoms with E-state index in [1.54, 1.807) is 0 Å². The molecule has 13 rings (SSSR count). The van der Waals surface area contributed by atoms with E-state index in [9.17, 15) is 0 Å². The highest BCUT2D eigenvalue weighted by molar-refractivity contribution is 7.26. The summed E-state index contributed by atoms with van der Waals surface area (Å²) in [7, 11) is 0. The van der Waals surface area contributed by atoms with E-state index in [1.165, 1.54) is 114 Å². The summed E-state index contributed by atoms with van der Waals surface area (Å²) in [6, 6.07) is 84.6. The fourth-order valence-corrected chi connectivity index (χ4v) is 11.2. The van der Waals surface area contributed by atoms with Crippen LogP contribution in [0.5, 0.6) is 0 Å². The molecule has 0 bridgehead atoms. The molecule has 0 spiro atoms. The summed E-state index contributed by atoms with van der Waals surface area (Å²) in [6.45, 7) is 0. The molecule has 13 aromatic rings. The van der Waals surface area contributed by atoms with Gasteiger partial charge in [-0.25, -0.2) is 0 Å². The second-order valence-corrected chi connectivity index (χ2v) is 17.6. The van der Waals surface area contributed by atoms with Crippen molar-refractivity contribution in [2.45, 2.75) is 0 Å². The number of hydrogen-bond acceptors (Lipinski definition) is 1. The zero-order chi connectivity index (χ0) is 41.4. The number of hydrogen-bond donors (Lipinski definition) is 0. The van der Waals surface area contributed by atoms with Gasteiger partial charge in [-0.1, -0.05) is 158 Å². The summed E-state index contributed by atoms with van der Waals surface area (Å²) in [5.41, 5.74) is 17.0. The topological polar surface area (TPSA) is 9.86 Å². The van der Waals surface area contributed by atoms with Gasteiger partial charge >= 0.3 is 0 Å². The largest absolute Gasteiger partial charge is 0.309 e. The Bertz CT molecular complexity index is 3890. The quantitative estimate of drug-likeness (QED) is 0.158. The first-order valence-electron chi connectivity index (χ1n) is 21.6. The molecule has 3 aromatic heterocycles. The summed E-state index contributed by atoms with van der Waals surface area (Å²) in [4.78, 5) is 0. The van der Waals surface area contributed by atoms with Gasteiger partial charge in [0.15, 0.2) is 0 Å². The number of nitrogens with zero attached hydrogens (tertiary/aromatic N) is 2. The molecule has 0 radical (unpaired) electrons. The lowest BCUT2D eigenvalue weighted by Crippen LogP contribution is -1.94. The highest BCUT2D eigenvalue weighted by atomic mass is 32.1. The first-order chi connectivity index (χ1) is 31.2. The molecule has 0 N–H and O–H groups in total. The van der Waals surface area contributed by atoms with Crippen molar-refractivity contribution in [2.75, 3.05) is 0 Å². The van der Waals surface area contributed by atoms with E-state index >= 15 is 0 Å². The van der Waals surface area contributed by atoms with Gasteiger partial charge in [-0.15, -0.1) is 11.3 Å². The molecule has 63 heavy (non-hydrogen) atoms. The molecule has 0 aliphatic rings. The van der Waals surface area contributed by atoms with Gasteiger partial charge in [0, 0.05) is 53.1 Å². The molecule has 294 valence electrons. The second-order valence-electron chi connectivity index (χ2n) is 16.5. The van der Waals surface area contributed by atoms with Crippen LogP contribution in [0.25, 0.3) is 120 Å². The van der Waals surface area contributed by atoms with Crippen LogP contribution in [-0.2, 0) is 0 Å². The molecule has 0 amide bonds. The van der Waals surface area contributed by atoms with Gasteiger partial charge in [-0.3, -0.25) is 0 Å². The van der Waals surface area contributed by atoms with Crippen LogP contribution < -0.4 is 0 Å². The predicted octanol–water partition coefficient (Wildman–Crippen LogP) is 16.9. The number of rotatable bonds is 6. The summed E-state index contributed by atoms with van der Waals surface area (Å²) in [5, 5.41) is 7.62. The lowest BCUT2D eigenvalue weighted by molar-refractivity contribution is 1.18. The standard InChI is InChI=1S/C60H38N2S/c1-3-13-39(14-4-1)41-25-29-46(30-26-41)61-54-22-9-7-19-49(54)52-36-43(27-33-56(52)61)44-28-34-57-53(37-44)50-20-8-10-23-55(50)62(57)47-31-32-51-59(38-47)63-58-24-12-21-48(60(51)58)45-18-11-17-42(35-45)40-15-5-2-6-16-40/h1-38H. The van der Waals surface area contributed by atoms with Gasteiger partial charge in [0.1, 0.15) is 0 Å². The first-order valence-corrected chi connectivity index (χ1v) is 22.4. The van der Waals surface area contributed by atoms with Gasteiger partial charge in [0.25, 0.3) is 0 Å². The van der Waals surface area contributed by atoms with E-state index in [2.05, 4.69) is 240 Å². The number of para-hydroxylation sites is 2. The third-order valence-corrected chi connectivity index (χ3v) is 14.0. The van der Waals surface area contributed by atoms with Crippen LogP contribution in [0, 0.1) is 0 Å². The van der Waals surface area contributed by atoms with Crippen LogP contribution >= 0.6 is 11.3 Å². The van der Waals surface area contributed by atoms with Gasteiger partial charge in [0.05, 0.1) is 22.1 Å². The number of aromatic nitrogens is 2. The summed E-state index contributed by atoms with van der Waals surface area (Å²) >= 11 is 1.88. The second kappa shape index (κ2) is 14.3. The SMILES string of the molecule is c1ccc(-c2ccc(-n3c4ccccc4c4cc(-c5ccc6c(c5)c5ccccc5n6-c5ccc6c(c5)sc5cccc(-c7cccc(-c8ccccc8)c7)c56)ccc43)cc2)cc1. The van der Waals surface area contributed by atoms with Crippen LogP contribution in [0.3, 0.4) is 0 Å². The van der Waals surface area contributed by atoms with E-state index in [0.29, 0.717) is 0 Å². The Morgan fingerprint density at radius 2 is 0.730 bits per heavy atom. The summed E-state index contributed by atoms with van der Waals surface area (Å²) < 4.78 is 7.44. The number of thiophene rings is 1. The normalized spacial score (nSPS) is 11.8. The van der Waals surface area contributed by atoms with Crippen molar-refractivity contribution < 1.29 is 0 Å². The fraction of sp³-hybridized carbons (Fsp3) is 0. The third kappa shape index (κ3) is 5.78. The minimum Gasteiger partial charge on any atom is -0.309 e. The minimum absolute atomic E-state index is 1.16. The smallest absolute Gasteiger partial charge is 0.0541 e. The van der Waals surface area contributed by atoms with Crippen molar-refractivity contribution in [3.8, 4) is 55.9 Å². The molecule has 0 unspecified atom stereocenters. The lowest BCUT2D eigenvalue weighted by atomic mass is 9.96. The lowest BCUT2D eigenvalue weighted by Gasteiger charge is -2.10. The minimum atomic E-state index is 1.16. The molecule has 10 aromatic carbocycles. The van der Waals surface area contributed by atoms with Crippen molar-refractivity contribution in [3.05, 3.63) is 231 Å². The van der Waals surface area contributed by atoms with Gasteiger partial charge in [0.2, 0.25) is 0 Å². The number of benzene rings is 10. The summed E-state index contributed by atoms with van der Waals surface area (Å²) in [5.74, 6) is 0. The Morgan fingerprint density at radius 1 is 0.254 bits per heavy atom. The maximum absolute atomic E-state index is 2.45. The maximum Gasteiger partial charge on any atom is 0.0541 e. The van der Waals surface area contributed by atoms with Crippen LogP contribution in [0.2, 0.25) is 0 Å². The molecule has 0 aliphatic heterocycles. The molecule has 0 saturated heterocycles. The Kier molecular flexibility index (Phi) is 8.12. The zero-order valence-corrected chi connectivity index (χ0v) is 35.1.